The number of nitrogens with zero attached hydrogens (tertiary/aromatic N) is 2. The van der Waals surface area contributed by atoms with Crippen LogP contribution in [-0.4, -0.2) is 27.1 Å². The molecule has 0 bridgehead atoms. The highest BCUT2D eigenvalue weighted by molar-refractivity contribution is 5.32. The molecule has 0 saturated carbocycles. The fraction of sp³-hybridized carbons (Fsp3) is 0.727. The predicted octanol–water partition coefficient (Wildman–Crippen LogP) is 1.32. The average Bonchev–Trinajstić information content (AvgIpc) is 2.43. The zero-order chi connectivity index (χ0) is 11.3. The van der Waals surface area contributed by atoms with Crippen LogP contribution >= 0.6 is 0 Å². The van der Waals surface area contributed by atoms with E-state index in [4.69, 9.17) is 4.74 Å². The van der Waals surface area contributed by atoms with Crippen LogP contribution in [0.1, 0.15) is 33.3 Å². The molecule has 1 aromatic heterocycles. The molecule has 84 valence electrons. The molecule has 4 heteroatoms. The number of aliphatic hydroxyl groups is 1. The molecule has 0 radical (unpaired) electrons. The smallest absolute Gasteiger partial charge is 0.215 e. The van der Waals surface area contributed by atoms with Gasteiger partial charge in [-0.05, 0) is 12.3 Å². The number of ether oxygens (including phenoxy) is 1. The van der Waals surface area contributed by atoms with Crippen LogP contribution in [0.25, 0.3) is 0 Å². The SMILES string of the molecule is CC1(O)COc2c(C(C)(C)C)cnn2C1. The quantitative estimate of drug-likeness (QED) is 0.702. The Balaban J connectivity index is 2.39. The van der Waals surface area contributed by atoms with Crippen molar-refractivity contribution >= 4 is 0 Å². The van der Waals surface area contributed by atoms with Gasteiger partial charge in [0.1, 0.15) is 12.2 Å². The molecule has 0 aromatic carbocycles. The van der Waals surface area contributed by atoms with Gasteiger partial charge in [0.05, 0.1) is 12.7 Å². The highest BCUT2D eigenvalue weighted by Crippen LogP contribution is 2.34. The van der Waals surface area contributed by atoms with Crippen LogP contribution in [0.4, 0.5) is 0 Å². The van der Waals surface area contributed by atoms with Gasteiger partial charge in [0.2, 0.25) is 5.88 Å². The lowest BCUT2D eigenvalue weighted by atomic mass is 9.89. The van der Waals surface area contributed by atoms with E-state index in [1.54, 1.807) is 11.6 Å². The van der Waals surface area contributed by atoms with Gasteiger partial charge in [0.25, 0.3) is 0 Å². The van der Waals surface area contributed by atoms with Crippen LogP contribution in [0.15, 0.2) is 6.20 Å². The summed E-state index contributed by atoms with van der Waals surface area (Å²) < 4.78 is 7.33. The molecule has 2 rings (SSSR count). The molecule has 1 atom stereocenters. The summed E-state index contributed by atoms with van der Waals surface area (Å²) in [6.45, 7) is 8.97. The Kier molecular flexibility index (Phi) is 2.08. The zero-order valence-electron chi connectivity index (χ0n) is 9.74. The molecule has 0 saturated heterocycles. The van der Waals surface area contributed by atoms with Gasteiger partial charge < -0.3 is 9.84 Å². The second-order valence-corrected chi connectivity index (χ2v) is 5.56. The summed E-state index contributed by atoms with van der Waals surface area (Å²) in [5.41, 5.74) is 0.309. The lowest BCUT2D eigenvalue weighted by molar-refractivity contribution is -0.0319. The first-order valence-corrected chi connectivity index (χ1v) is 5.21. The van der Waals surface area contributed by atoms with Gasteiger partial charge in [0.15, 0.2) is 0 Å². The highest BCUT2D eigenvalue weighted by atomic mass is 16.5. The van der Waals surface area contributed by atoms with E-state index in [0.717, 1.165) is 11.4 Å². The maximum Gasteiger partial charge on any atom is 0.215 e. The van der Waals surface area contributed by atoms with Crippen molar-refractivity contribution in [2.24, 2.45) is 0 Å². The number of hydrogen-bond donors (Lipinski definition) is 1. The topological polar surface area (TPSA) is 47.3 Å². The first kappa shape index (κ1) is 10.5. The fourth-order valence-electron chi connectivity index (χ4n) is 1.75. The van der Waals surface area contributed by atoms with Crippen molar-refractivity contribution in [3.05, 3.63) is 11.8 Å². The van der Waals surface area contributed by atoms with E-state index in [1.807, 2.05) is 6.20 Å². The van der Waals surface area contributed by atoms with Crippen molar-refractivity contribution in [1.29, 1.82) is 0 Å². The molecule has 0 amide bonds. The van der Waals surface area contributed by atoms with E-state index in [1.165, 1.54) is 0 Å². The Bertz CT molecular complexity index is 374. The molecule has 15 heavy (non-hydrogen) atoms. The molecule has 0 aliphatic carbocycles. The molecule has 1 unspecified atom stereocenters. The Hall–Kier alpha value is -1.03. The van der Waals surface area contributed by atoms with Crippen LogP contribution in [0, 0.1) is 0 Å². The van der Waals surface area contributed by atoms with Crippen molar-refractivity contribution in [1.82, 2.24) is 9.78 Å². The first-order chi connectivity index (χ1) is 6.80. The minimum Gasteiger partial charge on any atom is -0.474 e. The largest absolute Gasteiger partial charge is 0.474 e. The van der Waals surface area contributed by atoms with Gasteiger partial charge in [-0.15, -0.1) is 0 Å². The third kappa shape index (κ3) is 1.86. The van der Waals surface area contributed by atoms with E-state index in [0.29, 0.717) is 13.2 Å². The maximum absolute atomic E-state index is 9.85. The third-order valence-corrected chi connectivity index (χ3v) is 2.61. The Morgan fingerprint density at radius 1 is 1.53 bits per heavy atom. The summed E-state index contributed by atoms with van der Waals surface area (Å²) in [6, 6.07) is 0. The highest BCUT2D eigenvalue weighted by Gasteiger charge is 2.33. The zero-order valence-corrected chi connectivity index (χ0v) is 9.74. The van der Waals surface area contributed by atoms with Gasteiger partial charge in [-0.3, -0.25) is 0 Å². The van der Waals surface area contributed by atoms with Crippen LogP contribution in [0.2, 0.25) is 0 Å². The van der Waals surface area contributed by atoms with Crippen LogP contribution in [0.3, 0.4) is 0 Å². The number of aromatic nitrogens is 2. The van der Waals surface area contributed by atoms with E-state index >= 15 is 0 Å². The Morgan fingerprint density at radius 2 is 2.20 bits per heavy atom. The second-order valence-electron chi connectivity index (χ2n) is 5.56. The van der Waals surface area contributed by atoms with Gasteiger partial charge in [-0.2, -0.15) is 5.10 Å². The monoisotopic (exact) mass is 210 g/mol. The van der Waals surface area contributed by atoms with Crippen molar-refractivity contribution in [2.75, 3.05) is 6.61 Å². The molecular weight excluding hydrogens is 192 g/mol. The first-order valence-electron chi connectivity index (χ1n) is 5.21. The number of rotatable bonds is 0. The second kappa shape index (κ2) is 2.98. The minimum absolute atomic E-state index is 0.0246. The van der Waals surface area contributed by atoms with Crippen LogP contribution in [0.5, 0.6) is 5.88 Å². The molecule has 1 aromatic rings. The van der Waals surface area contributed by atoms with Gasteiger partial charge >= 0.3 is 0 Å². The van der Waals surface area contributed by atoms with Crippen molar-refractivity contribution in [2.45, 2.75) is 45.3 Å². The molecule has 1 aliphatic rings. The summed E-state index contributed by atoms with van der Waals surface area (Å²) in [7, 11) is 0. The van der Waals surface area contributed by atoms with Crippen molar-refractivity contribution in [3.8, 4) is 5.88 Å². The molecule has 4 nitrogen and oxygen atoms in total. The lowest BCUT2D eigenvalue weighted by Crippen LogP contribution is -2.42. The molecule has 2 heterocycles. The fourth-order valence-corrected chi connectivity index (χ4v) is 1.75. The lowest BCUT2D eigenvalue weighted by Gasteiger charge is -2.30. The molecule has 0 fully saturated rings. The molecular formula is C11H18N2O2. The molecule has 1 N–H and O–H groups in total. The maximum atomic E-state index is 9.85. The molecule has 1 aliphatic heterocycles. The van der Waals surface area contributed by atoms with Crippen molar-refractivity contribution in [3.63, 3.8) is 0 Å². The van der Waals surface area contributed by atoms with Gasteiger partial charge in [-0.25, -0.2) is 4.68 Å². The van der Waals surface area contributed by atoms with Crippen LogP contribution < -0.4 is 4.74 Å². The van der Waals surface area contributed by atoms with E-state index in [2.05, 4.69) is 25.9 Å². The summed E-state index contributed by atoms with van der Waals surface area (Å²) in [5, 5.41) is 14.1. The normalized spacial score (nSPS) is 25.9. The summed E-state index contributed by atoms with van der Waals surface area (Å²) in [6.07, 6.45) is 1.83. The summed E-state index contributed by atoms with van der Waals surface area (Å²) in [4.78, 5) is 0. The summed E-state index contributed by atoms with van der Waals surface area (Å²) >= 11 is 0. The average molecular weight is 210 g/mol. The van der Waals surface area contributed by atoms with Crippen LogP contribution in [-0.2, 0) is 12.0 Å². The third-order valence-electron chi connectivity index (χ3n) is 2.61. The minimum atomic E-state index is -0.811. The van der Waals surface area contributed by atoms with E-state index < -0.39 is 5.60 Å². The molecule has 0 spiro atoms. The number of hydrogen-bond acceptors (Lipinski definition) is 3. The standard InChI is InChI=1S/C11H18N2O2/c1-10(2,3)8-5-12-13-6-11(4,14)7-15-9(8)13/h5,14H,6-7H2,1-4H3. The van der Waals surface area contributed by atoms with E-state index in [9.17, 15) is 5.11 Å². The Labute approximate surface area is 89.9 Å². The van der Waals surface area contributed by atoms with E-state index in [-0.39, 0.29) is 5.41 Å². The Morgan fingerprint density at radius 3 is 2.80 bits per heavy atom. The summed E-state index contributed by atoms with van der Waals surface area (Å²) in [5.74, 6) is 0.800. The van der Waals surface area contributed by atoms with Gasteiger partial charge in [-0.1, -0.05) is 20.8 Å². The predicted molar refractivity (Wildman–Crippen MR) is 57.0 cm³/mol. The number of fused-ring (bicyclic) bond motifs is 1. The van der Waals surface area contributed by atoms with Gasteiger partial charge in [0, 0.05) is 5.56 Å². The van der Waals surface area contributed by atoms with Crippen molar-refractivity contribution < 1.29 is 9.84 Å².